The van der Waals surface area contributed by atoms with Crippen molar-refractivity contribution in [1.29, 1.82) is 0 Å². The second-order valence-electron chi connectivity index (χ2n) is 11.2. The normalized spacial score (nSPS) is 22.2. The van der Waals surface area contributed by atoms with Gasteiger partial charge >= 0.3 is 0 Å². The standard InChI is InChI=1S/C28H37FN6O4/c1-4-35(18(2)3)26(37)21-11-19(29)5-6-23(21)39-24-14-30-17-32-25(24)34-15-28(16-34)7-9-33(10-8-28)27(38)22-12-20(36)13-31-22/h5-6,11,14,17-18,20,22,31,36H,4,7-10,12-13,15-16H2,1-3H3/t20-,22+/m1/s1. The Kier molecular flexibility index (Phi) is 7.73. The van der Waals surface area contributed by atoms with Crippen molar-refractivity contribution in [1.82, 2.24) is 25.1 Å². The molecule has 0 saturated carbocycles. The molecule has 210 valence electrons. The number of ether oxygens (including phenoxy) is 1. The maximum atomic E-state index is 14.2. The van der Waals surface area contributed by atoms with Crippen LogP contribution < -0.4 is 15.0 Å². The van der Waals surface area contributed by atoms with Crippen molar-refractivity contribution in [2.24, 2.45) is 5.41 Å². The molecule has 0 unspecified atom stereocenters. The summed E-state index contributed by atoms with van der Waals surface area (Å²) in [5, 5.41) is 12.9. The van der Waals surface area contributed by atoms with Gasteiger partial charge < -0.3 is 29.9 Å². The van der Waals surface area contributed by atoms with E-state index in [4.69, 9.17) is 4.74 Å². The maximum absolute atomic E-state index is 14.2. The number of carbonyl (C=O) groups excluding carboxylic acids is 2. The molecule has 5 rings (SSSR count). The number of benzene rings is 1. The minimum Gasteiger partial charge on any atom is -0.451 e. The zero-order chi connectivity index (χ0) is 27.7. The molecule has 1 spiro atoms. The van der Waals surface area contributed by atoms with Crippen LogP contribution in [0.2, 0.25) is 0 Å². The number of amides is 2. The molecule has 1 aromatic carbocycles. The number of β-amino-alcohol motifs (C(OH)–C–C–N with tert-alkyl or cyclic N) is 1. The van der Waals surface area contributed by atoms with Gasteiger partial charge in [0.1, 0.15) is 17.9 Å². The number of aliphatic hydroxyl groups is 1. The maximum Gasteiger partial charge on any atom is 0.257 e. The van der Waals surface area contributed by atoms with E-state index in [1.807, 2.05) is 25.7 Å². The van der Waals surface area contributed by atoms with Crippen LogP contribution in [-0.2, 0) is 4.79 Å². The van der Waals surface area contributed by atoms with E-state index in [1.165, 1.54) is 24.5 Å². The molecule has 2 aromatic rings. The van der Waals surface area contributed by atoms with Crippen molar-refractivity contribution < 1.29 is 23.8 Å². The summed E-state index contributed by atoms with van der Waals surface area (Å²) >= 11 is 0. The summed E-state index contributed by atoms with van der Waals surface area (Å²) < 4.78 is 20.3. The van der Waals surface area contributed by atoms with E-state index in [0.29, 0.717) is 44.2 Å². The highest BCUT2D eigenvalue weighted by Gasteiger charge is 2.47. The molecule has 39 heavy (non-hydrogen) atoms. The molecule has 2 N–H and O–H groups in total. The number of carbonyl (C=O) groups is 2. The zero-order valence-corrected chi connectivity index (χ0v) is 22.8. The fourth-order valence-corrected chi connectivity index (χ4v) is 5.95. The van der Waals surface area contributed by atoms with Gasteiger partial charge in [-0.3, -0.25) is 9.59 Å². The third-order valence-electron chi connectivity index (χ3n) is 8.17. The van der Waals surface area contributed by atoms with E-state index in [0.717, 1.165) is 25.9 Å². The molecular weight excluding hydrogens is 503 g/mol. The van der Waals surface area contributed by atoms with Crippen LogP contribution in [0.25, 0.3) is 0 Å². The third kappa shape index (κ3) is 5.56. The van der Waals surface area contributed by atoms with Gasteiger partial charge in [-0.15, -0.1) is 0 Å². The lowest BCUT2D eigenvalue weighted by Gasteiger charge is -2.54. The summed E-state index contributed by atoms with van der Waals surface area (Å²) in [4.78, 5) is 40.4. The first kappa shape index (κ1) is 27.3. The summed E-state index contributed by atoms with van der Waals surface area (Å²) in [6.07, 6.45) is 4.83. The van der Waals surface area contributed by atoms with Gasteiger partial charge in [0, 0.05) is 50.7 Å². The van der Waals surface area contributed by atoms with Gasteiger partial charge in [-0.2, -0.15) is 0 Å². The van der Waals surface area contributed by atoms with Crippen LogP contribution in [0.5, 0.6) is 11.5 Å². The smallest absolute Gasteiger partial charge is 0.257 e. The summed E-state index contributed by atoms with van der Waals surface area (Å²) in [7, 11) is 0. The number of hydrogen-bond acceptors (Lipinski definition) is 8. The first-order valence-corrected chi connectivity index (χ1v) is 13.7. The lowest BCUT2D eigenvalue weighted by Crippen LogP contribution is -2.62. The fraction of sp³-hybridized carbons (Fsp3) is 0.571. The highest BCUT2D eigenvalue weighted by atomic mass is 19.1. The molecule has 0 radical (unpaired) electrons. The second-order valence-corrected chi connectivity index (χ2v) is 11.2. The van der Waals surface area contributed by atoms with Crippen LogP contribution >= 0.6 is 0 Å². The summed E-state index contributed by atoms with van der Waals surface area (Å²) in [6.45, 7) is 9.61. The van der Waals surface area contributed by atoms with Crippen LogP contribution in [0.3, 0.4) is 0 Å². The molecule has 3 fully saturated rings. The molecule has 2 amide bonds. The van der Waals surface area contributed by atoms with E-state index < -0.39 is 11.9 Å². The highest BCUT2D eigenvalue weighted by molar-refractivity contribution is 5.97. The Bertz CT molecular complexity index is 1210. The zero-order valence-electron chi connectivity index (χ0n) is 22.8. The van der Waals surface area contributed by atoms with Gasteiger partial charge in [-0.1, -0.05) is 0 Å². The van der Waals surface area contributed by atoms with Gasteiger partial charge in [-0.05, 0) is 58.2 Å². The number of nitrogens with zero attached hydrogens (tertiary/aromatic N) is 5. The molecule has 11 heteroatoms. The van der Waals surface area contributed by atoms with E-state index in [9.17, 15) is 19.1 Å². The molecular formula is C28H37FN6O4. The number of rotatable bonds is 7. The molecule has 0 bridgehead atoms. The number of likely N-dealkylation sites (tertiary alicyclic amines) is 1. The summed E-state index contributed by atoms with van der Waals surface area (Å²) in [5.74, 6) is 0.546. The number of piperidine rings is 1. The van der Waals surface area contributed by atoms with Crippen LogP contribution in [0.1, 0.15) is 50.4 Å². The number of hydrogen-bond donors (Lipinski definition) is 2. The molecule has 10 nitrogen and oxygen atoms in total. The lowest BCUT2D eigenvalue weighted by atomic mass is 9.72. The predicted molar refractivity (Wildman–Crippen MR) is 143 cm³/mol. The van der Waals surface area contributed by atoms with Gasteiger partial charge in [-0.25, -0.2) is 14.4 Å². The lowest BCUT2D eigenvalue weighted by molar-refractivity contribution is -0.135. The number of aliphatic hydroxyl groups excluding tert-OH is 1. The second kappa shape index (κ2) is 11.1. The van der Waals surface area contributed by atoms with Crippen LogP contribution in [0.4, 0.5) is 10.2 Å². The molecule has 4 heterocycles. The number of aromatic nitrogens is 2. The largest absolute Gasteiger partial charge is 0.451 e. The average molecular weight is 541 g/mol. The Balaban J connectivity index is 1.26. The van der Waals surface area contributed by atoms with Gasteiger partial charge in [0.25, 0.3) is 5.91 Å². The van der Waals surface area contributed by atoms with Crippen molar-refractivity contribution in [3.05, 3.63) is 42.1 Å². The first-order valence-electron chi connectivity index (χ1n) is 13.7. The summed E-state index contributed by atoms with van der Waals surface area (Å²) in [6, 6.07) is 3.61. The number of anilines is 1. The monoisotopic (exact) mass is 540 g/mol. The van der Waals surface area contributed by atoms with E-state index >= 15 is 0 Å². The minimum absolute atomic E-state index is 0.0470. The Hall–Kier alpha value is -3.31. The van der Waals surface area contributed by atoms with Crippen molar-refractivity contribution in [3.63, 3.8) is 0 Å². The van der Waals surface area contributed by atoms with Crippen molar-refractivity contribution in [2.45, 2.75) is 58.2 Å². The fourth-order valence-electron chi connectivity index (χ4n) is 5.95. The molecule has 3 saturated heterocycles. The predicted octanol–water partition coefficient (Wildman–Crippen LogP) is 2.43. The Morgan fingerprint density at radius 3 is 2.64 bits per heavy atom. The van der Waals surface area contributed by atoms with Crippen molar-refractivity contribution >= 4 is 17.6 Å². The van der Waals surface area contributed by atoms with E-state index in [1.54, 1.807) is 11.1 Å². The Labute approximate surface area is 228 Å². The topological polar surface area (TPSA) is 111 Å². The molecule has 0 aliphatic carbocycles. The number of halogens is 1. The van der Waals surface area contributed by atoms with E-state index in [-0.39, 0.29) is 40.6 Å². The van der Waals surface area contributed by atoms with Crippen molar-refractivity contribution in [2.75, 3.05) is 44.2 Å². The molecule has 2 atom stereocenters. The molecule has 3 aliphatic heterocycles. The van der Waals surface area contributed by atoms with Crippen LogP contribution in [0, 0.1) is 11.2 Å². The molecule has 1 aromatic heterocycles. The SMILES string of the molecule is CCN(C(=O)c1cc(F)ccc1Oc1cncnc1N1CC2(CCN(C(=O)[C@@H]3C[C@@H](O)CN3)CC2)C1)C(C)C. The Morgan fingerprint density at radius 2 is 2.00 bits per heavy atom. The van der Waals surface area contributed by atoms with Gasteiger partial charge in [0.15, 0.2) is 11.6 Å². The average Bonchev–Trinajstić information content (AvgIpc) is 3.34. The van der Waals surface area contributed by atoms with Crippen LogP contribution in [0.15, 0.2) is 30.7 Å². The van der Waals surface area contributed by atoms with Gasteiger partial charge in [0.2, 0.25) is 5.91 Å². The van der Waals surface area contributed by atoms with Crippen LogP contribution in [-0.4, -0.2) is 94.1 Å². The van der Waals surface area contributed by atoms with Gasteiger partial charge in [0.05, 0.1) is 23.9 Å². The minimum atomic E-state index is -0.510. The molecule has 3 aliphatic rings. The number of nitrogens with one attached hydrogen (secondary N) is 1. The Morgan fingerprint density at radius 1 is 1.26 bits per heavy atom. The first-order chi connectivity index (χ1) is 18.7. The third-order valence-corrected chi connectivity index (χ3v) is 8.17. The summed E-state index contributed by atoms with van der Waals surface area (Å²) in [5.41, 5.74) is 0.249. The quantitative estimate of drug-likeness (QED) is 0.551. The van der Waals surface area contributed by atoms with Crippen molar-refractivity contribution in [3.8, 4) is 11.5 Å². The highest BCUT2D eigenvalue weighted by Crippen LogP contribution is 2.45. The van der Waals surface area contributed by atoms with E-state index in [2.05, 4.69) is 20.2 Å².